The van der Waals surface area contributed by atoms with Gasteiger partial charge in [0.05, 0.1) is 13.2 Å². The summed E-state index contributed by atoms with van der Waals surface area (Å²) >= 11 is 0. The van der Waals surface area contributed by atoms with E-state index < -0.39 is 0 Å². The highest BCUT2D eigenvalue weighted by Gasteiger charge is 2.30. The molecule has 1 N–H and O–H groups in total. The van der Waals surface area contributed by atoms with Gasteiger partial charge in [0.1, 0.15) is 0 Å². The molecule has 0 spiro atoms. The van der Waals surface area contributed by atoms with Crippen molar-refractivity contribution in [2.24, 2.45) is 5.92 Å². The molecule has 2 amide bonds. The number of carbonyl (C=O) groups is 2. The largest absolute Gasteiger partial charge is 0.383 e. The predicted molar refractivity (Wildman–Crippen MR) is 93.7 cm³/mol. The summed E-state index contributed by atoms with van der Waals surface area (Å²) in [6.45, 7) is 6.17. The first-order valence-corrected chi connectivity index (χ1v) is 9.40. The molecule has 0 bridgehead atoms. The van der Waals surface area contributed by atoms with E-state index in [4.69, 9.17) is 4.74 Å². The SMILES string of the molecule is COCC(C)NCC(=O)N1CCC(C(=O)N2CCCCCC2)CC1. The first-order valence-electron chi connectivity index (χ1n) is 9.40. The van der Waals surface area contributed by atoms with Gasteiger partial charge in [-0.05, 0) is 32.6 Å². The summed E-state index contributed by atoms with van der Waals surface area (Å²) in [5.41, 5.74) is 0. The van der Waals surface area contributed by atoms with Crippen LogP contribution in [0.4, 0.5) is 0 Å². The molecular formula is C18H33N3O3. The van der Waals surface area contributed by atoms with Crippen LogP contribution in [0.1, 0.15) is 45.4 Å². The molecule has 0 aromatic rings. The zero-order valence-electron chi connectivity index (χ0n) is 15.3. The van der Waals surface area contributed by atoms with Gasteiger partial charge in [-0.15, -0.1) is 0 Å². The van der Waals surface area contributed by atoms with Gasteiger partial charge in [0.15, 0.2) is 0 Å². The fraction of sp³-hybridized carbons (Fsp3) is 0.889. The lowest BCUT2D eigenvalue weighted by atomic mass is 9.95. The van der Waals surface area contributed by atoms with Gasteiger partial charge in [0.25, 0.3) is 0 Å². The molecule has 6 heteroatoms. The molecule has 2 fully saturated rings. The van der Waals surface area contributed by atoms with E-state index in [0.29, 0.717) is 32.1 Å². The number of nitrogens with one attached hydrogen (secondary N) is 1. The molecular weight excluding hydrogens is 306 g/mol. The van der Waals surface area contributed by atoms with Crippen molar-refractivity contribution in [2.45, 2.75) is 51.5 Å². The summed E-state index contributed by atoms with van der Waals surface area (Å²) in [5, 5.41) is 3.18. The summed E-state index contributed by atoms with van der Waals surface area (Å²) in [6, 6.07) is 0.168. The van der Waals surface area contributed by atoms with Gasteiger partial charge in [0.2, 0.25) is 11.8 Å². The maximum Gasteiger partial charge on any atom is 0.236 e. The molecule has 0 saturated carbocycles. The molecule has 2 heterocycles. The van der Waals surface area contributed by atoms with Crippen LogP contribution in [0.2, 0.25) is 0 Å². The fourth-order valence-electron chi connectivity index (χ4n) is 3.61. The zero-order chi connectivity index (χ0) is 17.4. The number of hydrogen-bond donors (Lipinski definition) is 1. The van der Waals surface area contributed by atoms with Crippen molar-refractivity contribution in [3.05, 3.63) is 0 Å². The Balaban J connectivity index is 1.72. The number of likely N-dealkylation sites (tertiary alicyclic amines) is 2. The first kappa shape index (κ1) is 19.2. The summed E-state index contributed by atoms with van der Waals surface area (Å²) in [6.07, 6.45) is 6.35. The predicted octanol–water partition coefficient (Wildman–Crippen LogP) is 1.25. The van der Waals surface area contributed by atoms with E-state index in [2.05, 4.69) is 10.2 Å². The molecule has 0 radical (unpaired) electrons. The first-order chi connectivity index (χ1) is 11.6. The van der Waals surface area contributed by atoms with E-state index in [1.807, 2.05) is 11.8 Å². The van der Waals surface area contributed by atoms with Crippen molar-refractivity contribution >= 4 is 11.8 Å². The highest BCUT2D eigenvalue weighted by Crippen LogP contribution is 2.21. The smallest absolute Gasteiger partial charge is 0.236 e. The number of ether oxygens (including phenoxy) is 1. The third-order valence-electron chi connectivity index (χ3n) is 5.13. The van der Waals surface area contributed by atoms with Gasteiger partial charge in [-0.25, -0.2) is 0 Å². The van der Waals surface area contributed by atoms with Gasteiger partial charge in [0, 0.05) is 45.2 Å². The van der Waals surface area contributed by atoms with Crippen molar-refractivity contribution < 1.29 is 14.3 Å². The van der Waals surface area contributed by atoms with Crippen molar-refractivity contribution in [3.8, 4) is 0 Å². The lowest BCUT2D eigenvalue weighted by Gasteiger charge is -2.34. The summed E-state index contributed by atoms with van der Waals surface area (Å²) in [4.78, 5) is 28.9. The molecule has 1 atom stereocenters. The third kappa shape index (κ3) is 5.74. The highest BCUT2D eigenvalue weighted by molar-refractivity contribution is 5.81. The molecule has 2 saturated heterocycles. The second kappa shape index (κ2) is 9.99. The van der Waals surface area contributed by atoms with Crippen molar-refractivity contribution in [3.63, 3.8) is 0 Å². The van der Waals surface area contributed by atoms with Crippen LogP contribution in [0.3, 0.4) is 0 Å². The minimum absolute atomic E-state index is 0.104. The molecule has 138 valence electrons. The van der Waals surface area contributed by atoms with Crippen LogP contribution in [0.5, 0.6) is 0 Å². The van der Waals surface area contributed by atoms with Crippen molar-refractivity contribution in [2.75, 3.05) is 46.4 Å². The molecule has 2 aliphatic heterocycles. The molecule has 0 aromatic carbocycles. The van der Waals surface area contributed by atoms with Crippen molar-refractivity contribution in [1.82, 2.24) is 15.1 Å². The van der Waals surface area contributed by atoms with E-state index in [-0.39, 0.29) is 17.9 Å². The monoisotopic (exact) mass is 339 g/mol. The van der Waals surface area contributed by atoms with Crippen LogP contribution in [-0.2, 0) is 14.3 Å². The number of amides is 2. The van der Waals surface area contributed by atoms with E-state index >= 15 is 0 Å². The summed E-state index contributed by atoms with van der Waals surface area (Å²) in [5.74, 6) is 0.544. The fourth-order valence-corrected chi connectivity index (χ4v) is 3.61. The zero-order valence-corrected chi connectivity index (χ0v) is 15.3. The maximum absolute atomic E-state index is 12.7. The quantitative estimate of drug-likeness (QED) is 0.791. The second-order valence-electron chi connectivity index (χ2n) is 7.13. The van der Waals surface area contributed by atoms with E-state index in [0.717, 1.165) is 38.8 Å². The minimum Gasteiger partial charge on any atom is -0.383 e. The Morgan fingerprint density at radius 3 is 2.25 bits per heavy atom. The molecule has 6 nitrogen and oxygen atoms in total. The number of rotatable bonds is 6. The Kier molecular flexibility index (Phi) is 7.99. The Bertz CT molecular complexity index is 400. The molecule has 2 aliphatic rings. The van der Waals surface area contributed by atoms with E-state index in [1.54, 1.807) is 7.11 Å². The highest BCUT2D eigenvalue weighted by atomic mass is 16.5. The topological polar surface area (TPSA) is 61.9 Å². The van der Waals surface area contributed by atoms with Crippen LogP contribution in [0.25, 0.3) is 0 Å². The van der Waals surface area contributed by atoms with Crippen LogP contribution in [-0.4, -0.2) is 74.1 Å². The van der Waals surface area contributed by atoms with Crippen molar-refractivity contribution in [1.29, 1.82) is 0 Å². The summed E-state index contributed by atoms with van der Waals surface area (Å²) < 4.78 is 5.06. The third-order valence-corrected chi connectivity index (χ3v) is 5.13. The van der Waals surface area contributed by atoms with E-state index in [9.17, 15) is 9.59 Å². The standard InChI is InChI=1S/C18H33N3O3/c1-15(14-24-2)19-13-17(22)20-11-7-16(8-12-20)18(23)21-9-5-3-4-6-10-21/h15-16,19H,3-14H2,1-2H3. The Labute approximate surface area is 145 Å². The van der Waals surface area contributed by atoms with Gasteiger partial charge in [-0.3, -0.25) is 9.59 Å². The van der Waals surface area contributed by atoms with Crippen LogP contribution >= 0.6 is 0 Å². The number of methoxy groups -OCH3 is 1. The van der Waals surface area contributed by atoms with Gasteiger partial charge in [-0.2, -0.15) is 0 Å². The normalized spacial score (nSPS) is 21.4. The number of carbonyl (C=O) groups excluding carboxylic acids is 2. The maximum atomic E-state index is 12.7. The minimum atomic E-state index is 0.104. The molecule has 0 aromatic heterocycles. The molecule has 1 unspecified atom stereocenters. The number of nitrogens with zero attached hydrogens (tertiary/aromatic N) is 2. The second-order valence-corrected chi connectivity index (χ2v) is 7.13. The lowest BCUT2D eigenvalue weighted by molar-refractivity contribution is -0.140. The molecule has 0 aliphatic carbocycles. The van der Waals surface area contributed by atoms with Gasteiger partial charge >= 0.3 is 0 Å². The van der Waals surface area contributed by atoms with Gasteiger partial charge in [-0.1, -0.05) is 12.8 Å². The van der Waals surface area contributed by atoms with Gasteiger partial charge < -0.3 is 19.9 Å². The Hall–Kier alpha value is -1.14. The van der Waals surface area contributed by atoms with Crippen LogP contribution in [0, 0.1) is 5.92 Å². The van der Waals surface area contributed by atoms with E-state index in [1.165, 1.54) is 12.8 Å². The average Bonchev–Trinajstić information content (AvgIpc) is 2.89. The lowest BCUT2D eigenvalue weighted by Crippen LogP contribution is -2.47. The summed E-state index contributed by atoms with van der Waals surface area (Å²) in [7, 11) is 1.66. The molecule has 24 heavy (non-hydrogen) atoms. The Morgan fingerprint density at radius 2 is 1.67 bits per heavy atom. The number of hydrogen-bond acceptors (Lipinski definition) is 4. The number of piperidine rings is 1. The molecule has 2 rings (SSSR count). The van der Waals surface area contributed by atoms with Crippen LogP contribution in [0.15, 0.2) is 0 Å². The Morgan fingerprint density at radius 1 is 1.04 bits per heavy atom. The van der Waals surface area contributed by atoms with Crippen LogP contribution < -0.4 is 5.32 Å². The average molecular weight is 339 g/mol.